The van der Waals surface area contributed by atoms with Gasteiger partial charge in [0.25, 0.3) is 5.91 Å². The summed E-state index contributed by atoms with van der Waals surface area (Å²) in [6, 6.07) is 9.36. The number of likely N-dealkylation sites (tertiary alicyclic amines) is 1. The van der Waals surface area contributed by atoms with Crippen LogP contribution in [-0.2, 0) is 17.8 Å². The Morgan fingerprint density at radius 2 is 1.93 bits per heavy atom. The number of hydrogen-bond acceptors (Lipinski definition) is 4. The molecule has 3 amide bonds. The third-order valence-corrected chi connectivity index (χ3v) is 5.23. The zero-order chi connectivity index (χ0) is 20.9. The number of nitrogens with one attached hydrogen (secondary N) is 2. The monoisotopic (exact) mass is 413 g/mol. The molecular formula is C22H24FN3O4. The summed E-state index contributed by atoms with van der Waals surface area (Å²) in [5.41, 5.74) is 2.28. The van der Waals surface area contributed by atoms with Crippen molar-refractivity contribution < 1.29 is 23.5 Å². The molecule has 2 aromatic carbocycles. The van der Waals surface area contributed by atoms with Crippen LogP contribution in [0.4, 0.5) is 14.9 Å². The molecule has 0 bridgehead atoms. The van der Waals surface area contributed by atoms with E-state index in [4.69, 9.17) is 9.47 Å². The van der Waals surface area contributed by atoms with Crippen LogP contribution in [0.3, 0.4) is 0 Å². The van der Waals surface area contributed by atoms with Crippen molar-refractivity contribution in [1.29, 1.82) is 0 Å². The van der Waals surface area contributed by atoms with Crippen molar-refractivity contribution in [3.63, 3.8) is 0 Å². The van der Waals surface area contributed by atoms with Crippen LogP contribution >= 0.6 is 0 Å². The first-order valence-corrected chi connectivity index (χ1v) is 10.1. The molecule has 30 heavy (non-hydrogen) atoms. The van der Waals surface area contributed by atoms with E-state index in [0.717, 1.165) is 25.9 Å². The molecule has 2 heterocycles. The second-order valence-corrected chi connectivity index (χ2v) is 7.34. The number of benzene rings is 2. The van der Waals surface area contributed by atoms with Crippen molar-refractivity contribution in [2.45, 2.75) is 25.9 Å². The average Bonchev–Trinajstić information content (AvgIpc) is 3.28. The van der Waals surface area contributed by atoms with E-state index in [-0.39, 0.29) is 25.1 Å². The number of anilines is 1. The number of rotatable bonds is 5. The van der Waals surface area contributed by atoms with Crippen molar-refractivity contribution in [2.24, 2.45) is 0 Å². The third kappa shape index (κ3) is 4.54. The highest BCUT2D eigenvalue weighted by Gasteiger charge is 2.22. The molecule has 0 saturated carbocycles. The molecule has 7 nitrogen and oxygen atoms in total. The van der Waals surface area contributed by atoms with Crippen molar-refractivity contribution in [1.82, 2.24) is 10.2 Å². The van der Waals surface area contributed by atoms with E-state index in [9.17, 15) is 14.0 Å². The summed E-state index contributed by atoms with van der Waals surface area (Å²) in [7, 11) is 0. The Morgan fingerprint density at radius 1 is 1.13 bits per heavy atom. The van der Waals surface area contributed by atoms with Crippen LogP contribution in [0.1, 0.15) is 34.3 Å². The highest BCUT2D eigenvalue weighted by Crippen LogP contribution is 2.29. The van der Waals surface area contributed by atoms with Gasteiger partial charge in [-0.3, -0.25) is 4.79 Å². The molecule has 8 heteroatoms. The summed E-state index contributed by atoms with van der Waals surface area (Å²) in [5.74, 6) is 0.178. The van der Waals surface area contributed by atoms with Gasteiger partial charge in [0.15, 0.2) is 6.79 Å². The summed E-state index contributed by atoms with van der Waals surface area (Å²) in [6.45, 7) is 2.19. The maximum absolute atomic E-state index is 13.8. The number of carbonyl (C=O) groups excluding carboxylic acids is 2. The summed E-state index contributed by atoms with van der Waals surface area (Å²) in [5, 5.41) is 5.51. The predicted octanol–water partition coefficient (Wildman–Crippen LogP) is 3.29. The molecule has 158 valence electrons. The number of halogens is 1. The zero-order valence-electron chi connectivity index (χ0n) is 16.6. The number of fused-ring (bicyclic) bond motifs is 1. The van der Waals surface area contributed by atoms with Gasteiger partial charge in [0.2, 0.25) is 0 Å². The number of carbonyl (C=O) groups is 2. The Labute approximate surface area is 174 Å². The molecule has 1 fully saturated rings. The van der Waals surface area contributed by atoms with Crippen molar-refractivity contribution in [3.05, 3.63) is 58.9 Å². The van der Waals surface area contributed by atoms with Crippen LogP contribution in [0.5, 0.6) is 5.75 Å². The van der Waals surface area contributed by atoms with Gasteiger partial charge >= 0.3 is 6.03 Å². The van der Waals surface area contributed by atoms with Crippen molar-refractivity contribution in [3.8, 4) is 5.75 Å². The van der Waals surface area contributed by atoms with Crippen LogP contribution in [0, 0.1) is 5.82 Å². The van der Waals surface area contributed by atoms with Gasteiger partial charge in [-0.2, -0.15) is 0 Å². The summed E-state index contributed by atoms with van der Waals surface area (Å²) < 4.78 is 24.5. The molecule has 0 atom stereocenters. The maximum Gasteiger partial charge on any atom is 0.319 e. The van der Waals surface area contributed by atoms with Gasteiger partial charge in [0.1, 0.15) is 11.6 Å². The predicted molar refractivity (Wildman–Crippen MR) is 109 cm³/mol. The minimum Gasteiger partial charge on any atom is -0.467 e. The first-order valence-electron chi connectivity index (χ1n) is 10.1. The lowest BCUT2D eigenvalue weighted by atomic mass is 10.1. The smallest absolute Gasteiger partial charge is 0.319 e. The molecule has 0 aromatic heterocycles. The molecule has 2 N–H and O–H groups in total. The van der Waals surface area contributed by atoms with E-state index in [1.807, 2.05) is 0 Å². The van der Waals surface area contributed by atoms with Gasteiger partial charge in [0.05, 0.1) is 17.9 Å². The number of ether oxygens (including phenoxy) is 2. The largest absolute Gasteiger partial charge is 0.467 e. The van der Waals surface area contributed by atoms with Gasteiger partial charge in [-0.15, -0.1) is 0 Å². The number of urea groups is 1. The van der Waals surface area contributed by atoms with E-state index in [2.05, 4.69) is 10.6 Å². The van der Waals surface area contributed by atoms with E-state index < -0.39 is 6.03 Å². The van der Waals surface area contributed by atoms with Gasteiger partial charge in [-0.1, -0.05) is 12.1 Å². The summed E-state index contributed by atoms with van der Waals surface area (Å²) >= 11 is 0. The third-order valence-electron chi connectivity index (χ3n) is 5.23. The lowest BCUT2D eigenvalue weighted by Crippen LogP contribution is -2.33. The SMILES string of the molecule is O=C(NCCc1cc(F)cc2c1OCOC2)Nc1ccccc1C(=O)N1CCCC1. The first kappa shape index (κ1) is 20.2. The summed E-state index contributed by atoms with van der Waals surface area (Å²) in [4.78, 5) is 26.9. The average molecular weight is 413 g/mol. The minimum absolute atomic E-state index is 0.0749. The second-order valence-electron chi connectivity index (χ2n) is 7.34. The van der Waals surface area contributed by atoms with E-state index >= 15 is 0 Å². The molecule has 0 radical (unpaired) electrons. The molecule has 2 aliphatic heterocycles. The molecule has 2 aliphatic rings. The Kier molecular flexibility index (Phi) is 6.13. The number of nitrogens with zero attached hydrogens (tertiary/aromatic N) is 1. The van der Waals surface area contributed by atoms with Gasteiger partial charge in [-0.05, 0) is 49.1 Å². The fourth-order valence-electron chi connectivity index (χ4n) is 3.79. The zero-order valence-corrected chi connectivity index (χ0v) is 16.6. The van der Waals surface area contributed by atoms with E-state index in [0.29, 0.717) is 41.2 Å². The Bertz CT molecular complexity index is 944. The van der Waals surface area contributed by atoms with Crippen LogP contribution in [0.2, 0.25) is 0 Å². The first-order chi connectivity index (χ1) is 14.6. The van der Waals surface area contributed by atoms with Crippen LogP contribution in [-0.4, -0.2) is 43.3 Å². The second kappa shape index (κ2) is 9.13. The van der Waals surface area contributed by atoms with Crippen molar-refractivity contribution >= 4 is 17.6 Å². The molecule has 0 unspecified atom stereocenters. The lowest BCUT2D eigenvalue weighted by molar-refractivity contribution is -0.0172. The minimum atomic E-state index is -0.425. The highest BCUT2D eigenvalue weighted by molar-refractivity contribution is 6.03. The number of amides is 3. The molecule has 0 aliphatic carbocycles. The molecule has 4 rings (SSSR count). The van der Waals surface area contributed by atoms with Crippen LogP contribution < -0.4 is 15.4 Å². The van der Waals surface area contributed by atoms with Gasteiger partial charge in [-0.25, -0.2) is 9.18 Å². The maximum atomic E-state index is 13.8. The van der Waals surface area contributed by atoms with E-state index in [1.165, 1.54) is 12.1 Å². The Hall–Kier alpha value is -3.13. The van der Waals surface area contributed by atoms with Crippen LogP contribution in [0.25, 0.3) is 0 Å². The Morgan fingerprint density at radius 3 is 2.77 bits per heavy atom. The topological polar surface area (TPSA) is 79.9 Å². The molecule has 2 aromatic rings. The molecule has 1 saturated heterocycles. The quantitative estimate of drug-likeness (QED) is 0.788. The summed E-state index contributed by atoms with van der Waals surface area (Å²) in [6.07, 6.45) is 2.41. The van der Waals surface area contributed by atoms with E-state index in [1.54, 1.807) is 29.2 Å². The fraction of sp³-hybridized carbons (Fsp3) is 0.364. The normalized spacial score (nSPS) is 15.3. The lowest BCUT2D eigenvalue weighted by Gasteiger charge is -2.21. The standard InChI is InChI=1S/C22H24FN3O4/c23-17-11-15(20-16(12-17)13-29-14-30-20)7-8-24-22(28)25-19-6-2-1-5-18(19)21(27)26-9-3-4-10-26/h1-2,5-6,11-12H,3-4,7-10,13-14H2,(H2,24,25,28). The highest BCUT2D eigenvalue weighted by atomic mass is 19.1. The van der Waals surface area contributed by atoms with Gasteiger partial charge in [0, 0.05) is 25.2 Å². The van der Waals surface area contributed by atoms with Crippen molar-refractivity contribution in [2.75, 3.05) is 31.7 Å². The van der Waals surface area contributed by atoms with Crippen LogP contribution in [0.15, 0.2) is 36.4 Å². The molecule has 0 spiro atoms. The number of para-hydroxylation sites is 1. The fourth-order valence-corrected chi connectivity index (χ4v) is 3.79. The number of hydrogen-bond donors (Lipinski definition) is 2. The Balaban J connectivity index is 1.36. The van der Waals surface area contributed by atoms with Gasteiger partial charge < -0.3 is 25.0 Å². The molecular weight excluding hydrogens is 389 g/mol.